The largest absolute Gasteiger partial charge is 0.338 e. The SMILES string of the molecule is O=C(Nc1cccc(Cn2cccn2)c1)[C@H]1CC(=O)N(Cc2cccc(F)c2)C1. The van der Waals surface area contributed by atoms with Crippen LogP contribution in [-0.4, -0.2) is 33.0 Å². The first-order chi connectivity index (χ1) is 14.1. The maximum absolute atomic E-state index is 13.4. The van der Waals surface area contributed by atoms with Gasteiger partial charge in [0.15, 0.2) is 0 Å². The van der Waals surface area contributed by atoms with Crippen molar-refractivity contribution in [2.75, 3.05) is 11.9 Å². The van der Waals surface area contributed by atoms with Crippen molar-refractivity contribution in [1.29, 1.82) is 0 Å². The first kappa shape index (κ1) is 18.9. The molecule has 0 radical (unpaired) electrons. The van der Waals surface area contributed by atoms with Gasteiger partial charge in [0, 0.05) is 37.6 Å². The lowest BCUT2D eigenvalue weighted by atomic mass is 10.1. The van der Waals surface area contributed by atoms with Crippen LogP contribution in [0.25, 0.3) is 0 Å². The minimum atomic E-state index is -0.425. The molecule has 4 rings (SSSR count). The molecule has 1 aliphatic heterocycles. The van der Waals surface area contributed by atoms with Gasteiger partial charge in [-0.05, 0) is 41.5 Å². The van der Waals surface area contributed by atoms with Crippen molar-refractivity contribution >= 4 is 17.5 Å². The van der Waals surface area contributed by atoms with Gasteiger partial charge in [-0.25, -0.2) is 4.39 Å². The molecule has 29 heavy (non-hydrogen) atoms. The highest BCUT2D eigenvalue weighted by molar-refractivity contribution is 5.97. The topological polar surface area (TPSA) is 67.2 Å². The number of hydrogen-bond donors (Lipinski definition) is 1. The minimum Gasteiger partial charge on any atom is -0.338 e. The van der Waals surface area contributed by atoms with Crippen LogP contribution < -0.4 is 5.32 Å². The Hall–Kier alpha value is -3.48. The van der Waals surface area contributed by atoms with E-state index in [-0.39, 0.29) is 24.1 Å². The maximum atomic E-state index is 13.4. The lowest BCUT2D eigenvalue weighted by molar-refractivity contribution is -0.128. The molecular weight excluding hydrogens is 371 g/mol. The second-order valence-corrected chi connectivity index (χ2v) is 7.20. The normalized spacial score (nSPS) is 16.2. The lowest BCUT2D eigenvalue weighted by Gasteiger charge is -2.17. The van der Waals surface area contributed by atoms with Crippen LogP contribution in [0.5, 0.6) is 0 Å². The lowest BCUT2D eigenvalue weighted by Crippen LogP contribution is -2.28. The molecule has 2 heterocycles. The summed E-state index contributed by atoms with van der Waals surface area (Å²) < 4.78 is 15.2. The van der Waals surface area contributed by atoms with E-state index in [0.717, 1.165) is 5.56 Å². The molecule has 1 N–H and O–H groups in total. The fraction of sp³-hybridized carbons (Fsp3) is 0.227. The highest BCUT2D eigenvalue weighted by Crippen LogP contribution is 2.22. The van der Waals surface area contributed by atoms with E-state index in [4.69, 9.17) is 0 Å². The van der Waals surface area contributed by atoms with Crippen LogP contribution in [0.4, 0.5) is 10.1 Å². The summed E-state index contributed by atoms with van der Waals surface area (Å²) >= 11 is 0. The van der Waals surface area contributed by atoms with Gasteiger partial charge < -0.3 is 10.2 Å². The van der Waals surface area contributed by atoms with Gasteiger partial charge in [0.05, 0.1) is 12.5 Å². The first-order valence-electron chi connectivity index (χ1n) is 9.46. The van der Waals surface area contributed by atoms with Crippen LogP contribution in [0.2, 0.25) is 0 Å². The van der Waals surface area contributed by atoms with Crippen LogP contribution in [0, 0.1) is 11.7 Å². The molecule has 1 saturated heterocycles. The molecule has 2 amide bonds. The number of nitrogens with one attached hydrogen (secondary N) is 1. The van der Waals surface area contributed by atoms with Gasteiger partial charge in [-0.1, -0.05) is 24.3 Å². The number of benzene rings is 2. The van der Waals surface area contributed by atoms with Crippen molar-refractivity contribution in [1.82, 2.24) is 14.7 Å². The van der Waals surface area contributed by atoms with E-state index in [1.54, 1.807) is 27.9 Å². The molecule has 1 aromatic heterocycles. The molecule has 1 atom stereocenters. The Morgan fingerprint density at radius 1 is 1.10 bits per heavy atom. The fourth-order valence-electron chi connectivity index (χ4n) is 3.53. The summed E-state index contributed by atoms with van der Waals surface area (Å²) in [7, 11) is 0. The minimum absolute atomic E-state index is 0.0955. The van der Waals surface area contributed by atoms with E-state index in [0.29, 0.717) is 30.9 Å². The smallest absolute Gasteiger partial charge is 0.229 e. The van der Waals surface area contributed by atoms with Crippen LogP contribution in [0.15, 0.2) is 67.0 Å². The average molecular weight is 392 g/mol. The zero-order chi connectivity index (χ0) is 20.2. The third-order valence-corrected chi connectivity index (χ3v) is 4.95. The monoisotopic (exact) mass is 392 g/mol. The molecule has 0 unspecified atom stereocenters. The van der Waals surface area contributed by atoms with Crippen molar-refractivity contribution in [3.63, 3.8) is 0 Å². The van der Waals surface area contributed by atoms with Gasteiger partial charge in [0.25, 0.3) is 0 Å². The Morgan fingerprint density at radius 2 is 1.90 bits per heavy atom. The molecule has 0 bridgehead atoms. The molecule has 1 aliphatic rings. The predicted molar refractivity (Wildman–Crippen MR) is 106 cm³/mol. The van der Waals surface area contributed by atoms with E-state index in [1.165, 1.54) is 12.1 Å². The summed E-state index contributed by atoms with van der Waals surface area (Å²) in [6.45, 7) is 1.24. The van der Waals surface area contributed by atoms with E-state index in [2.05, 4.69) is 10.4 Å². The molecule has 7 heteroatoms. The summed E-state index contributed by atoms with van der Waals surface area (Å²) in [4.78, 5) is 26.6. The molecule has 1 fully saturated rings. The summed E-state index contributed by atoms with van der Waals surface area (Å²) in [6, 6.07) is 15.6. The molecule has 0 aliphatic carbocycles. The Kier molecular flexibility index (Phi) is 5.37. The van der Waals surface area contributed by atoms with E-state index >= 15 is 0 Å². The van der Waals surface area contributed by atoms with Gasteiger partial charge in [0.2, 0.25) is 11.8 Å². The van der Waals surface area contributed by atoms with E-state index in [1.807, 2.05) is 36.5 Å². The average Bonchev–Trinajstić information content (AvgIpc) is 3.32. The van der Waals surface area contributed by atoms with Crippen molar-refractivity contribution in [3.8, 4) is 0 Å². The Balaban J connectivity index is 1.37. The highest BCUT2D eigenvalue weighted by atomic mass is 19.1. The number of halogens is 1. The zero-order valence-electron chi connectivity index (χ0n) is 15.8. The summed E-state index contributed by atoms with van der Waals surface area (Å²) in [5.41, 5.74) is 2.42. The van der Waals surface area contributed by atoms with Crippen LogP contribution in [0.3, 0.4) is 0 Å². The number of hydrogen-bond acceptors (Lipinski definition) is 3. The first-order valence-corrected chi connectivity index (χ1v) is 9.46. The van der Waals surface area contributed by atoms with Gasteiger partial charge in [-0.15, -0.1) is 0 Å². The number of aromatic nitrogens is 2. The van der Waals surface area contributed by atoms with Gasteiger partial charge in [-0.2, -0.15) is 5.10 Å². The number of amides is 2. The number of nitrogens with zero attached hydrogens (tertiary/aromatic N) is 3. The molecule has 3 aromatic rings. The van der Waals surface area contributed by atoms with E-state index in [9.17, 15) is 14.0 Å². The maximum Gasteiger partial charge on any atom is 0.229 e. The van der Waals surface area contributed by atoms with Crippen LogP contribution >= 0.6 is 0 Å². The third kappa shape index (κ3) is 4.68. The van der Waals surface area contributed by atoms with E-state index < -0.39 is 5.92 Å². The van der Waals surface area contributed by atoms with Crippen molar-refractivity contribution < 1.29 is 14.0 Å². The van der Waals surface area contributed by atoms with Crippen LogP contribution in [0.1, 0.15) is 17.5 Å². The summed E-state index contributed by atoms with van der Waals surface area (Å²) in [6.07, 6.45) is 3.76. The fourth-order valence-corrected chi connectivity index (χ4v) is 3.53. The van der Waals surface area contributed by atoms with Crippen molar-refractivity contribution in [2.24, 2.45) is 5.92 Å². The summed E-state index contributed by atoms with van der Waals surface area (Å²) in [5.74, 6) is -1.04. The molecular formula is C22H21FN4O2. The van der Waals surface area contributed by atoms with Crippen LogP contribution in [-0.2, 0) is 22.7 Å². The standard InChI is InChI=1S/C22H21FN4O2/c23-19-6-1-4-16(10-19)13-26-15-18(12-21(26)28)22(29)25-20-7-2-5-17(11-20)14-27-9-3-8-24-27/h1-11,18H,12-15H2,(H,25,29)/t18-/m0/s1. The third-order valence-electron chi connectivity index (χ3n) is 4.95. The number of rotatable bonds is 6. The second kappa shape index (κ2) is 8.26. The van der Waals surface area contributed by atoms with Gasteiger partial charge >= 0.3 is 0 Å². The highest BCUT2D eigenvalue weighted by Gasteiger charge is 2.34. The Bertz CT molecular complexity index is 1020. The quantitative estimate of drug-likeness (QED) is 0.701. The summed E-state index contributed by atoms with van der Waals surface area (Å²) in [5, 5.41) is 7.09. The molecule has 2 aromatic carbocycles. The van der Waals surface area contributed by atoms with Gasteiger partial charge in [-0.3, -0.25) is 14.3 Å². The molecule has 6 nitrogen and oxygen atoms in total. The van der Waals surface area contributed by atoms with Gasteiger partial charge in [0.1, 0.15) is 5.82 Å². The molecule has 148 valence electrons. The van der Waals surface area contributed by atoms with Crippen molar-refractivity contribution in [3.05, 3.63) is 83.9 Å². The Morgan fingerprint density at radius 3 is 2.66 bits per heavy atom. The van der Waals surface area contributed by atoms with Crippen molar-refractivity contribution in [2.45, 2.75) is 19.5 Å². The number of likely N-dealkylation sites (tertiary alicyclic amines) is 1. The zero-order valence-corrected chi connectivity index (χ0v) is 15.8. The molecule has 0 saturated carbocycles. The number of anilines is 1. The predicted octanol–water partition coefficient (Wildman–Crippen LogP) is 3.06. The number of carbonyl (C=O) groups is 2. The number of carbonyl (C=O) groups excluding carboxylic acids is 2. The second-order valence-electron chi connectivity index (χ2n) is 7.20. The Labute approximate surface area is 167 Å². The molecule has 0 spiro atoms.